The summed E-state index contributed by atoms with van der Waals surface area (Å²) in [4.78, 5) is 0. The Morgan fingerprint density at radius 1 is 1.13 bits per heavy atom. The summed E-state index contributed by atoms with van der Waals surface area (Å²) in [6.45, 7) is 7.65. The summed E-state index contributed by atoms with van der Waals surface area (Å²) in [6.07, 6.45) is 6.77. The van der Waals surface area contributed by atoms with Crippen molar-refractivity contribution in [2.24, 2.45) is 0 Å². The average molecular weight is 227 g/mol. The first-order chi connectivity index (χ1) is 7.12. The zero-order chi connectivity index (χ0) is 11.6. The molecule has 0 N–H and O–H groups in total. The van der Waals surface area contributed by atoms with Gasteiger partial charge in [0.2, 0.25) is 0 Å². The molecule has 0 aromatic carbocycles. The van der Waals surface area contributed by atoms with Gasteiger partial charge in [-0.15, -0.1) is 0 Å². The van der Waals surface area contributed by atoms with Crippen LogP contribution in [-0.2, 0) is 4.43 Å². The molecule has 15 heavy (non-hydrogen) atoms. The van der Waals surface area contributed by atoms with Gasteiger partial charge in [0.1, 0.15) is 0 Å². The van der Waals surface area contributed by atoms with E-state index < -0.39 is 8.32 Å². The Morgan fingerprint density at radius 3 is 2.47 bits per heavy atom. The minimum Gasteiger partial charge on any atom is -0.417 e. The highest BCUT2D eigenvalue weighted by Crippen LogP contribution is 2.15. The lowest BCUT2D eigenvalue weighted by molar-refractivity contribution is 0.294. The van der Waals surface area contributed by atoms with Gasteiger partial charge in [-0.1, -0.05) is 26.2 Å². The van der Waals surface area contributed by atoms with Crippen LogP contribution in [0, 0.1) is 11.3 Å². The number of unbranched alkanes of at least 4 members (excludes halogenated alkanes) is 4. The molecule has 0 amide bonds. The maximum atomic E-state index is 8.46. The van der Waals surface area contributed by atoms with Crippen LogP contribution in [0.1, 0.15) is 45.4 Å². The molecule has 0 spiro atoms. The first-order valence-electron chi connectivity index (χ1n) is 6.13. The third-order valence-corrected chi connectivity index (χ3v) is 5.10. The van der Waals surface area contributed by atoms with Crippen molar-refractivity contribution in [2.45, 2.75) is 64.6 Å². The molecule has 0 aliphatic rings. The first kappa shape index (κ1) is 14.7. The monoisotopic (exact) mass is 227 g/mol. The Labute approximate surface area is 95.8 Å². The number of hydrogen-bond acceptors (Lipinski definition) is 2. The summed E-state index contributed by atoms with van der Waals surface area (Å²) in [5, 5.41) is 8.46. The zero-order valence-corrected chi connectivity index (χ0v) is 11.5. The van der Waals surface area contributed by atoms with Gasteiger partial charge >= 0.3 is 0 Å². The third kappa shape index (κ3) is 9.96. The predicted molar refractivity (Wildman–Crippen MR) is 67.2 cm³/mol. The molecule has 0 fully saturated rings. The summed E-state index contributed by atoms with van der Waals surface area (Å²) < 4.78 is 5.95. The van der Waals surface area contributed by atoms with Gasteiger partial charge in [-0.05, 0) is 32.0 Å². The molecule has 0 saturated carbocycles. The topological polar surface area (TPSA) is 33.0 Å². The predicted octanol–water partition coefficient (Wildman–Crippen LogP) is 4.09. The van der Waals surface area contributed by atoms with E-state index >= 15 is 0 Å². The Bertz CT molecular complexity index is 187. The number of hydrogen-bond donors (Lipinski definition) is 0. The fraction of sp³-hybridized carbons (Fsp3) is 0.917. The summed E-state index contributed by atoms with van der Waals surface area (Å²) >= 11 is 0. The maximum absolute atomic E-state index is 8.46. The van der Waals surface area contributed by atoms with Crippen LogP contribution in [0.3, 0.4) is 0 Å². The van der Waals surface area contributed by atoms with Crippen LogP contribution in [0.15, 0.2) is 0 Å². The molecule has 2 nitrogen and oxygen atoms in total. The van der Waals surface area contributed by atoms with Crippen molar-refractivity contribution in [3.8, 4) is 6.07 Å². The lowest BCUT2D eigenvalue weighted by Crippen LogP contribution is -2.30. The van der Waals surface area contributed by atoms with Gasteiger partial charge < -0.3 is 4.43 Å². The maximum Gasteiger partial charge on any atom is 0.186 e. The van der Waals surface area contributed by atoms with Gasteiger partial charge in [0.15, 0.2) is 8.32 Å². The third-order valence-electron chi connectivity index (χ3n) is 2.56. The summed E-state index contributed by atoms with van der Waals surface area (Å²) in [5.74, 6) is 0. The van der Waals surface area contributed by atoms with Crippen LogP contribution >= 0.6 is 0 Å². The minimum atomic E-state index is -1.45. The molecule has 88 valence electrons. The Balaban J connectivity index is 3.43. The van der Waals surface area contributed by atoms with E-state index in [2.05, 4.69) is 26.1 Å². The van der Waals surface area contributed by atoms with Gasteiger partial charge in [-0.25, -0.2) is 0 Å². The van der Waals surface area contributed by atoms with Crippen molar-refractivity contribution in [1.29, 1.82) is 5.26 Å². The number of rotatable bonds is 9. The molecule has 0 aliphatic carbocycles. The van der Waals surface area contributed by atoms with Crippen LogP contribution in [0.4, 0.5) is 0 Å². The summed E-state index contributed by atoms with van der Waals surface area (Å²) in [6, 6.07) is 3.31. The van der Waals surface area contributed by atoms with E-state index in [0.29, 0.717) is 6.42 Å². The highest BCUT2D eigenvalue weighted by molar-refractivity contribution is 6.71. The molecule has 0 bridgehead atoms. The number of nitrogens with zero attached hydrogens (tertiary/aromatic N) is 1. The summed E-state index contributed by atoms with van der Waals surface area (Å²) in [5.41, 5.74) is 0. The smallest absolute Gasteiger partial charge is 0.186 e. The van der Waals surface area contributed by atoms with Gasteiger partial charge in [0, 0.05) is 13.0 Å². The number of nitriles is 1. The lowest BCUT2D eigenvalue weighted by atomic mass is 10.2. The molecule has 0 radical (unpaired) electrons. The van der Waals surface area contributed by atoms with E-state index in [1.807, 2.05) is 0 Å². The molecule has 0 rings (SSSR count). The van der Waals surface area contributed by atoms with Crippen LogP contribution in [0.2, 0.25) is 19.1 Å². The van der Waals surface area contributed by atoms with Crippen molar-refractivity contribution >= 4 is 8.32 Å². The molecule has 0 saturated heterocycles. The fourth-order valence-electron chi connectivity index (χ4n) is 1.54. The van der Waals surface area contributed by atoms with E-state index in [0.717, 1.165) is 19.1 Å². The molecule has 0 atom stereocenters. The van der Waals surface area contributed by atoms with Crippen molar-refractivity contribution in [3.63, 3.8) is 0 Å². The quantitative estimate of drug-likeness (QED) is 0.439. The van der Waals surface area contributed by atoms with Crippen LogP contribution in [0.5, 0.6) is 0 Å². The standard InChI is InChI=1S/C12H25NOSi/c1-4-5-6-8-11-14-15(2,3)12-9-7-10-13/h4-9,11-12H2,1-3H3. The highest BCUT2D eigenvalue weighted by atomic mass is 28.4. The van der Waals surface area contributed by atoms with Crippen LogP contribution in [0.25, 0.3) is 0 Å². The van der Waals surface area contributed by atoms with Crippen LogP contribution < -0.4 is 0 Å². The Kier molecular flexibility index (Phi) is 8.74. The Morgan fingerprint density at radius 2 is 1.87 bits per heavy atom. The van der Waals surface area contributed by atoms with E-state index in [4.69, 9.17) is 9.69 Å². The minimum absolute atomic E-state index is 0.676. The van der Waals surface area contributed by atoms with E-state index in [1.54, 1.807) is 0 Å². The average Bonchev–Trinajstić information content (AvgIpc) is 2.17. The second-order valence-electron chi connectivity index (χ2n) is 4.68. The van der Waals surface area contributed by atoms with Crippen molar-refractivity contribution in [1.82, 2.24) is 0 Å². The van der Waals surface area contributed by atoms with Gasteiger partial charge in [0.25, 0.3) is 0 Å². The Hall–Kier alpha value is -0.333. The van der Waals surface area contributed by atoms with E-state index in [1.165, 1.54) is 25.7 Å². The van der Waals surface area contributed by atoms with E-state index in [9.17, 15) is 0 Å². The van der Waals surface area contributed by atoms with Crippen molar-refractivity contribution < 1.29 is 4.43 Å². The normalized spacial score (nSPS) is 11.3. The molecule has 0 unspecified atom stereocenters. The molecule has 0 aliphatic heterocycles. The molecular formula is C12H25NOSi. The van der Waals surface area contributed by atoms with Gasteiger partial charge in [-0.3, -0.25) is 0 Å². The second-order valence-corrected chi connectivity index (χ2v) is 8.99. The van der Waals surface area contributed by atoms with Gasteiger partial charge in [0.05, 0.1) is 6.07 Å². The van der Waals surface area contributed by atoms with Gasteiger partial charge in [-0.2, -0.15) is 5.26 Å². The lowest BCUT2D eigenvalue weighted by Gasteiger charge is -2.22. The van der Waals surface area contributed by atoms with E-state index in [-0.39, 0.29) is 0 Å². The second kappa shape index (κ2) is 8.93. The zero-order valence-electron chi connectivity index (χ0n) is 10.5. The fourth-order valence-corrected chi connectivity index (χ4v) is 3.41. The highest BCUT2D eigenvalue weighted by Gasteiger charge is 2.21. The molecule has 0 aromatic heterocycles. The summed E-state index contributed by atoms with van der Waals surface area (Å²) in [7, 11) is -1.45. The molecule has 0 heterocycles. The van der Waals surface area contributed by atoms with Crippen molar-refractivity contribution in [2.75, 3.05) is 6.61 Å². The van der Waals surface area contributed by atoms with Crippen molar-refractivity contribution in [3.05, 3.63) is 0 Å². The van der Waals surface area contributed by atoms with Crippen LogP contribution in [-0.4, -0.2) is 14.9 Å². The molecule has 3 heteroatoms. The molecule has 0 aromatic rings. The SMILES string of the molecule is CCCCCCO[Si](C)(C)CCCC#N. The first-order valence-corrected chi connectivity index (χ1v) is 9.25. The molecular weight excluding hydrogens is 202 g/mol. The largest absolute Gasteiger partial charge is 0.417 e.